The van der Waals surface area contributed by atoms with Crippen molar-refractivity contribution in [1.29, 1.82) is 0 Å². The number of allylic oxidation sites excluding steroid dienone is 2. The van der Waals surface area contributed by atoms with Gasteiger partial charge in [0.1, 0.15) is 5.82 Å². The number of rotatable bonds is 4. The fraction of sp³-hybridized carbons (Fsp3) is 0.500. The second kappa shape index (κ2) is 5.62. The van der Waals surface area contributed by atoms with Gasteiger partial charge < -0.3 is 9.80 Å². The molecule has 1 saturated carbocycles. The van der Waals surface area contributed by atoms with Crippen LogP contribution < -0.4 is 4.90 Å². The lowest BCUT2D eigenvalue weighted by atomic mass is 10.1. The molecule has 0 aromatic carbocycles. The number of fused-ring (bicyclic) bond motifs is 1. The van der Waals surface area contributed by atoms with Crippen molar-refractivity contribution in [3.05, 3.63) is 47.3 Å². The van der Waals surface area contributed by atoms with Crippen LogP contribution in [0.15, 0.2) is 36.1 Å². The van der Waals surface area contributed by atoms with Crippen molar-refractivity contribution in [1.82, 2.24) is 9.88 Å². The van der Waals surface area contributed by atoms with E-state index in [0.717, 1.165) is 36.4 Å². The molecule has 0 bridgehead atoms. The van der Waals surface area contributed by atoms with Crippen molar-refractivity contribution in [3.8, 4) is 0 Å². The normalized spacial score (nSPS) is 26.2. The smallest absolute Gasteiger partial charge is 0.128 e. The molecule has 116 valence electrons. The summed E-state index contributed by atoms with van der Waals surface area (Å²) in [6, 6.07) is 4.44. The number of alkyl halides is 1. The van der Waals surface area contributed by atoms with Crippen LogP contribution in [0.5, 0.6) is 0 Å². The predicted molar refractivity (Wildman–Crippen MR) is 91.1 cm³/mol. The molecule has 0 amide bonds. The second-order valence-corrected chi connectivity index (χ2v) is 7.05. The summed E-state index contributed by atoms with van der Waals surface area (Å²) in [5.41, 5.74) is 3.71. The molecule has 1 aliphatic carbocycles. The minimum atomic E-state index is 0.605. The maximum Gasteiger partial charge on any atom is 0.128 e. The van der Waals surface area contributed by atoms with Gasteiger partial charge in [0, 0.05) is 37.8 Å². The van der Waals surface area contributed by atoms with E-state index in [2.05, 4.69) is 47.2 Å². The van der Waals surface area contributed by atoms with Crippen molar-refractivity contribution in [2.45, 2.75) is 19.9 Å². The maximum absolute atomic E-state index is 5.94. The van der Waals surface area contributed by atoms with Crippen LogP contribution in [-0.2, 0) is 6.54 Å². The number of piperidine rings is 1. The summed E-state index contributed by atoms with van der Waals surface area (Å²) < 4.78 is 0. The van der Waals surface area contributed by atoms with Gasteiger partial charge in [0.25, 0.3) is 0 Å². The minimum absolute atomic E-state index is 0.605. The monoisotopic (exact) mass is 315 g/mol. The topological polar surface area (TPSA) is 19.4 Å². The first-order valence-electron chi connectivity index (χ1n) is 8.10. The Labute approximate surface area is 137 Å². The fourth-order valence-electron chi connectivity index (χ4n) is 3.59. The van der Waals surface area contributed by atoms with Crippen molar-refractivity contribution in [3.63, 3.8) is 0 Å². The molecule has 2 fully saturated rings. The molecule has 0 radical (unpaired) electrons. The summed E-state index contributed by atoms with van der Waals surface area (Å²) >= 11 is 5.94. The predicted octanol–water partition coefficient (Wildman–Crippen LogP) is 3.34. The Morgan fingerprint density at radius 1 is 1.27 bits per heavy atom. The molecule has 22 heavy (non-hydrogen) atoms. The SMILES string of the molecule is Cc1nc(N2CC3CC3C2)ccc1CN1C=CC=C(CCl)C1. The number of hydrogen-bond donors (Lipinski definition) is 0. The summed E-state index contributed by atoms with van der Waals surface area (Å²) in [6.07, 6.45) is 7.76. The van der Waals surface area contributed by atoms with E-state index in [4.69, 9.17) is 16.6 Å². The van der Waals surface area contributed by atoms with Crippen LogP contribution in [0.1, 0.15) is 17.7 Å². The number of nitrogens with zero attached hydrogens (tertiary/aromatic N) is 3. The van der Waals surface area contributed by atoms with Gasteiger partial charge in [-0.2, -0.15) is 0 Å². The molecular weight excluding hydrogens is 294 g/mol. The van der Waals surface area contributed by atoms with E-state index in [0.29, 0.717) is 5.88 Å². The van der Waals surface area contributed by atoms with Crippen molar-refractivity contribution >= 4 is 17.4 Å². The van der Waals surface area contributed by atoms with E-state index in [9.17, 15) is 0 Å². The highest BCUT2D eigenvalue weighted by molar-refractivity contribution is 6.19. The molecule has 0 spiro atoms. The lowest BCUT2D eigenvalue weighted by Crippen LogP contribution is -2.25. The summed E-state index contributed by atoms with van der Waals surface area (Å²) in [5, 5.41) is 0. The van der Waals surface area contributed by atoms with Crippen molar-refractivity contribution < 1.29 is 0 Å². The first-order valence-corrected chi connectivity index (χ1v) is 8.64. The molecule has 3 nitrogen and oxygen atoms in total. The number of pyridine rings is 1. The summed E-state index contributed by atoms with van der Waals surface area (Å²) in [7, 11) is 0. The highest BCUT2D eigenvalue weighted by atomic mass is 35.5. The Morgan fingerprint density at radius 3 is 2.82 bits per heavy atom. The van der Waals surface area contributed by atoms with Crippen LogP contribution in [0.4, 0.5) is 5.82 Å². The third-order valence-corrected chi connectivity index (χ3v) is 5.41. The minimum Gasteiger partial charge on any atom is -0.369 e. The largest absolute Gasteiger partial charge is 0.369 e. The van der Waals surface area contributed by atoms with Gasteiger partial charge in [-0.05, 0) is 54.7 Å². The van der Waals surface area contributed by atoms with Gasteiger partial charge in [-0.3, -0.25) is 0 Å². The van der Waals surface area contributed by atoms with Crippen LogP contribution in [0.25, 0.3) is 0 Å². The molecule has 3 heterocycles. The summed E-state index contributed by atoms with van der Waals surface area (Å²) in [5.74, 6) is 3.65. The molecular formula is C18H22ClN3. The maximum atomic E-state index is 5.94. The molecule has 3 aliphatic rings. The van der Waals surface area contributed by atoms with Gasteiger partial charge in [0.2, 0.25) is 0 Å². The molecule has 2 atom stereocenters. The Bertz CT molecular complexity index is 627. The van der Waals surface area contributed by atoms with E-state index in [1.54, 1.807) is 0 Å². The highest BCUT2D eigenvalue weighted by Gasteiger charge is 2.45. The molecule has 2 aliphatic heterocycles. The molecule has 4 rings (SSSR count). The van der Waals surface area contributed by atoms with E-state index >= 15 is 0 Å². The van der Waals surface area contributed by atoms with Crippen LogP contribution >= 0.6 is 11.6 Å². The van der Waals surface area contributed by atoms with Gasteiger partial charge in [-0.1, -0.05) is 12.1 Å². The lowest BCUT2D eigenvalue weighted by Gasteiger charge is -2.25. The average Bonchev–Trinajstić information content (AvgIpc) is 3.15. The van der Waals surface area contributed by atoms with E-state index in [1.807, 2.05) is 0 Å². The highest BCUT2D eigenvalue weighted by Crippen LogP contribution is 2.45. The van der Waals surface area contributed by atoms with Crippen LogP contribution in [0, 0.1) is 18.8 Å². The van der Waals surface area contributed by atoms with Crippen LogP contribution in [0.2, 0.25) is 0 Å². The van der Waals surface area contributed by atoms with Gasteiger partial charge in [0.15, 0.2) is 0 Å². The summed E-state index contributed by atoms with van der Waals surface area (Å²) in [4.78, 5) is 9.60. The zero-order chi connectivity index (χ0) is 15.1. The second-order valence-electron chi connectivity index (χ2n) is 6.78. The van der Waals surface area contributed by atoms with Crippen molar-refractivity contribution in [2.75, 3.05) is 30.4 Å². The summed E-state index contributed by atoms with van der Waals surface area (Å²) in [6.45, 7) is 6.34. The van der Waals surface area contributed by atoms with E-state index in [1.165, 1.54) is 30.6 Å². The zero-order valence-electron chi connectivity index (χ0n) is 13.0. The Kier molecular flexibility index (Phi) is 3.61. The van der Waals surface area contributed by atoms with Gasteiger partial charge in [-0.25, -0.2) is 4.98 Å². The van der Waals surface area contributed by atoms with E-state index in [-0.39, 0.29) is 0 Å². The number of aryl methyl sites for hydroxylation is 1. The molecule has 4 heteroatoms. The molecule has 1 aromatic heterocycles. The molecule has 2 unspecified atom stereocenters. The average molecular weight is 316 g/mol. The van der Waals surface area contributed by atoms with Gasteiger partial charge in [0.05, 0.1) is 0 Å². The van der Waals surface area contributed by atoms with Crippen molar-refractivity contribution in [2.24, 2.45) is 11.8 Å². The van der Waals surface area contributed by atoms with E-state index < -0.39 is 0 Å². The number of aromatic nitrogens is 1. The molecule has 1 aromatic rings. The Balaban J connectivity index is 1.44. The number of hydrogen-bond acceptors (Lipinski definition) is 3. The Hall–Kier alpha value is -1.48. The molecule has 0 N–H and O–H groups in total. The molecule has 1 saturated heterocycles. The first kappa shape index (κ1) is 14.1. The van der Waals surface area contributed by atoms with Crippen LogP contribution in [0.3, 0.4) is 0 Å². The Morgan fingerprint density at radius 2 is 2.09 bits per heavy atom. The quantitative estimate of drug-likeness (QED) is 0.794. The van der Waals surface area contributed by atoms with Gasteiger partial charge >= 0.3 is 0 Å². The number of halogens is 1. The number of anilines is 1. The zero-order valence-corrected chi connectivity index (χ0v) is 13.8. The first-order chi connectivity index (χ1) is 10.7. The van der Waals surface area contributed by atoms with Crippen LogP contribution in [-0.4, -0.2) is 35.4 Å². The van der Waals surface area contributed by atoms with Gasteiger partial charge in [-0.15, -0.1) is 11.6 Å². The third kappa shape index (κ3) is 2.74. The fourth-order valence-corrected chi connectivity index (χ4v) is 3.76. The standard InChI is InChI=1S/C18H22ClN3/c1-13-15(10-21-6-2-3-14(8-19)9-21)4-5-18(20-13)22-11-16-7-17(16)12-22/h2-6,16-17H,7-12H2,1H3. The lowest BCUT2D eigenvalue weighted by molar-refractivity contribution is 0.394. The third-order valence-electron chi connectivity index (χ3n) is 5.06.